The lowest BCUT2D eigenvalue weighted by Crippen LogP contribution is -2.04. The molecule has 5 rings (SSSR count). The van der Waals surface area contributed by atoms with Crippen LogP contribution in [0, 0.1) is 28.8 Å². The highest BCUT2D eigenvalue weighted by atomic mass is 19.2. The summed E-state index contributed by atoms with van der Waals surface area (Å²) in [5, 5.41) is 9.24. The molecular weight excluding hydrogens is 379 g/mol. The monoisotopic (exact) mass is 387 g/mol. The zero-order valence-electron chi connectivity index (χ0n) is 14.5. The van der Waals surface area contributed by atoms with Crippen LogP contribution in [0.2, 0.25) is 0 Å². The number of aromatic nitrogens is 2. The number of carbonyl (C=O) groups excluding carboxylic acids is 1. The van der Waals surface area contributed by atoms with Gasteiger partial charge in [-0.1, -0.05) is 12.1 Å². The van der Waals surface area contributed by atoms with Gasteiger partial charge in [-0.2, -0.15) is 5.26 Å². The van der Waals surface area contributed by atoms with E-state index in [9.17, 15) is 23.2 Å². The molecule has 2 aromatic heterocycles. The number of nitrogens with zero attached hydrogens (tertiary/aromatic N) is 3. The molecule has 0 unspecified atom stereocenters. The van der Waals surface area contributed by atoms with Crippen molar-refractivity contribution in [3.05, 3.63) is 94.1 Å². The Hall–Kier alpha value is -4.05. The number of hydrogen-bond donors (Lipinski definition) is 0. The summed E-state index contributed by atoms with van der Waals surface area (Å²) in [6, 6.07) is 9.35. The van der Waals surface area contributed by atoms with Crippen LogP contribution in [0.1, 0.15) is 27.0 Å². The highest BCUT2D eigenvalue weighted by molar-refractivity contribution is 6.32. The van der Waals surface area contributed by atoms with E-state index in [2.05, 4.69) is 9.97 Å². The van der Waals surface area contributed by atoms with Crippen LogP contribution < -0.4 is 0 Å². The molecule has 0 saturated heterocycles. The second-order valence-corrected chi connectivity index (χ2v) is 6.47. The Bertz CT molecular complexity index is 1320. The van der Waals surface area contributed by atoms with E-state index >= 15 is 0 Å². The fourth-order valence-electron chi connectivity index (χ4n) is 3.88. The minimum atomic E-state index is -1.73. The number of halogens is 3. The molecule has 2 aliphatic carbocycles. The van der Waals surface area contributed by atoms with Gasteiger partial charge in [0.05, 0.1) is 23.0 Å². The van der Waals surface area contributed by atoms with Gasteiger partial charge in [0.2, 0.25) is 0 Å². The van der Waals surface area contributed by atoms with Gasteiger partial charge in [0.25, 0.3) is 0 Å². The molecule has 2 heterocycles. The average Bonchev–Trinajstić information content (AvgIpc) is 3.19. The lowest BCUT2D eigenvalue weighted by molar-refractivity contribution is 0.103. The number of ketones is 1. The first-order valence-corrected chi connectivity index (χ1v) is 8.52. The minimum absolute atomic E-state index is 0.00792. The highest BCUT2D eigenvalue weighted by Crippen LogP contribution is 2.49. The van der Waals surface area contributed by atoms with Crippen molar-refractivity contribution in [3.8, 4) is 17.5 Å². The maximum Gasteiger partial charge on any atom is 0.198 e. The van der Waals surface area contributed by atoms with Crippen molar-refractivity contribution < 1.29 is 18.0 Å². The highest BCUT2D eigenvalue weighted by Gasteiger charge is 2.40. The molecule has 0 saturated carbocycles. The van der Waals surface area contributed by atoms with Gasteiger partial charge >= 0.3 is 0 Å². The van der Waals surface area contributed by atoms with Crippen LogP contribution >= 0.6 is 0 Å². The molecule has 0 amide bonds. The van der Waals surface area contributed by atoms with E-state index in [4.69, 9.17) is 0 Å². The molecule has 0 atom stereocenters. The number of carbonyl (C=O) groups is 1. The molecule has 1 aromatic carbocycles. The third-order valence-electron chi connectivity index (χ3n) is 5.01. The fraction of sp³-hybridized carbons (Fsp3) is 0. The largest absolute Gasteiger partial charge is 0.288 e. The van der Waals surface area contributed by atoms with Crippen molar-refractivity contribution >= 4 is 16.9 Å². The molecule has 29 heavy (non-hydrogen) atoms. The lowest BCUT2D eigenvalue weighted by atomic mass is 9.93. The van der Waals surface area contributed by atoms with Crippen molar-refractivity contribution in [1.29, 1.82) is 5.26 Å². The summed E-state index contributed by atoms with van der Waals surface area (Å²) >= 11 is 0. The fourth-order valence-corrected chi connectivity index (χ4v) is 3.88. The molecule has 0 fully saturated rings. The Morgan fingerprint density at radius 1 is 0.897 bits per heavy atom. The van der Waals surface area contributed by atoms with Crippen LogP contribution in [-0.2, 0) is 0 Å². The van der Waals surface area contributed by atoms with Gasteiger partial charge in [-0.05, 0) is 18.2 Å². The Morgan fingerprint density at radius 3 is 2.10 bits per heavy atom. The molecular formula is C22H8F3N3O. The number of pyridine rings is 2. The molecule has 2 aliphatic rings. The smallest absolute Gasteiger partial charge is 0.198 e. The number of rotatable bonds is 0. The maximum absolute atomic E-state index is 14.5. The molecule has 0 spiro atoms. The quantitative estimate of drug-likeness (QED) is 0.254. The first-order chi connectivity index (χ1) is 14.0. The van der Waals surface area contributed by atoms with E-state index in [0.717, 1.165) is 12.1 Å². The topological polar surface area (TPSA) is 66.6 Å². The molecule has 0 radical (unpaired) electrons. The number of fused-ring (bicyclic) bond motifs is 4. The number of allylic oxidation sites excluding steroid dienone is 3. The lowest BCUT2D eigenvalue weighted by Gasteiger charge is -2.08. The zero-order chi connectivity index (χ0) is 20.3. The first kappa shape index (κ1) is 17.1. The van der Waals surface area contributed by atoms with Crippen molar-refractivity contribution in [1.82, 2.24) is 9.97 Å². The van der Waals surface area contributed by atoms with Gasteiger partial charge in [-0.15, -0.1) is 0 Å². The van der Waals surface area contributed by atoms with E-state index < -0.39 is 28.8 Å². The SMILES string of the molecule is N#C/C=C1/C(=C2c3cccnc3-c3ncccc32)C(=O)c2c1cc(F)c(F)c2F. The molecule has 0 N–H and O–H groups in total. The number of hydrogen-bond acceptors (Lipinski definition) is 4. The molecule has 0 aliphatic heterocycles. The second kappa shape index (κ2) is 5.97. The minimum Gasteiger partial charge on any atom is -0.288 e. The summed E-state index contributed by atoms with van der Waals surface area (Å²) in [6.07, 6.45) is 4.19. The summed E-state index contributed by atoms with van der Waals surface area (Å²) < 4.78 is 42.2. The maximum atomic E-state index is 14.5. The van der Waals surface area contributed by atoms with Gasteiger partial charge in [-0.3, -0.25) is 14.8 Å². The summed E-state index contributed by atoms with van der Waals surface area (Å²) in [5.41, 5.74) is 1.89. The Labute approximate surface area is 162 Å². The van der Waals surface area contributed by atoms with Crippen molar-refractivity contribution in [2.75, 3.05) is 0 Å². The number of benzene rings is 1. The van der Waals surface area contributed by atoms with Crippen LogP contribution in [-0.4, -0.2) is 15.8 Å². The Kier molecular flexibility index (Phi) is 3.52. The Balaban J connectivity index is 1.93. The van der Waals surface area contributed by atoms with Crippen LogP contribution in [0.25, 0.3) is 22.5 Å². The first-order valence-electron chi connectivity index (χ1n) is 8.52. The van der Waals surface area contributed by atoms with Crippen LogP contribution in [0.3, 0.4) is 0 Å². The predicted octanol–water partition coefficient (Wildman–Crippen LogP) is 4.48. The average molecular weight is 387 g/mol. The van der Waals surface area contributed by atoms with Crippen LogP contribution in [0.5, 0.6) is 0 Å². The van der Waals surface area contributed by atoms with E-state index in [1.165, 1.54) is 0 Å². The van der Waals surface area contributed by atoms with Crippen molar-refractivity contribution in [2.45, 2.75) is 0 Å². The molecule has 3 aromatic rings. The summed E-state index contributed by atoms with van der Waals surface area (Å²) in [6.45, 7) is 0. The predicted molar refractivity (Wildman–Crippen MR) is 97.7 cm³/mol. The summed E-state index contributed by atoms with van der Waals surface area (Å²) in [7, 11) is 0. The van der Waals surface area contributed by atoms with Crippen LogP contribution in [0.15, 0.2) is 54.4 Å². The van der Waals surface area contributed by atoms with E-state index in [-0.39, 0.29) is 16.7 Å². The van der Waals surface area contributed by atoms with Gasteiger partial charge in [0.1, 0.15) is 0 Å². The zero-order valence-corrected chi connectivity index (χ0v) is 14.5. The number of nitriles is 1. The molecule has 0 bridgehead atoms. The van der Waals surface area contributed by atoms with Crippen LogP contribution in [0.4, 0.5) is 13.2 Å². The normalized spacial score (nSPS) is 15.4. The van der Waals surface area contributed by atoms with Gasteiger partial charge in [-0.25, -0.2) is 13.2 Å². The van der Waals surface area contributed by atoms with E-state index in [0.29, 0.717) is 28.1 Å². The van der Waals surface area contributed by atoms with Gasteiger partial charge in [0.15, 0.2) is 23.2 Å². The third-order valence-corrected chi connectivity index (χ3v) is 5.01. The number of Topliss-reactive ketones (excluding diaryl/α,β-unsaturated/α-hetero) is 1. The summed E-state index contributed by atoms with van der Waals surface area (Å²) in [4.78, 5) is 21.8. The van der Waals surface area contributed by atoms with Gasteiger partial charge < -0.3 is 0 Å². The van der Waals surface area contributed by atoms with Crippen molar-refractivity contribution in [2.24, 2.45) is 0 Å². The van der Waals surface area contributed by atoms with E-state index in [1.54, 1.807) is 36.7 Å². The van der Waals surface area contributed by atoms with Crippen molar-refractivity contribution in [3.63, 3.8) is 0 Å². The standard InChI is InChI=1S/C22H8F3N3O/c23-14-9-13-10(5-6-26)16(22(29)17(13)19(25)18(14)24)15-11-3-1-7-27-20(11)21-12(15)4-2-8-28-21/h1-5,7-9H/b10-5+. The van der Waals surface area contributed by atoms with Gasteiger partial charge in [0, 0.05) is 51.9 Å². The molecule has 4 nitrogen and oxygen atoms in total. The third kappa shape index (κ3) is 2.17. The second-order valence-electron chi connectivity index (χ2n) is 6.47. The molecule has 138 valence electrons. The summed E-state index contributed by atoms with van der Waals surface area (Å²) in [5.74, 6) is -5.55. The van der Waals surface area contributed by atoms with E-state index in [1.807, 2.05) is 6.07 Å². The Morgan fingerprint density at radius 2 is 1.52 bits per heavy atom. The molecule has 7 heteroatoms.